The second kappa shape index (κ2) is 6.80. The normalized spacial score (nSPS) is 14.2. The van der Waals surface area contributed by atoms with Crippen molar-refractivity contribution in [1.29, 1.82) is 0 Å². The minimum absolute atomic E-state index is 0.0104. The Kier molecular flexibility index (Phi) is 4.01. The molecule has 4 heterocycles. The van der Waals surface area contributed by atoms with Gasteiger partial charge in [0.25, 0.3) is 5.91 Å². The molecule has 140 valence electrons. The number of imidazole rings is 1. The molecule has 0 bridgehead atoms. The molecule has 28 heavy (non-hydrogen) atoms. The van der Waals surface area contributed by atoms with Crippen LogP contribution in [0.3, 0.4) is 0 Å². The van der Waals surface area contributed by atoms with Gasteiger partial charge in [-0.25, -0.2) is 4.98 Å². The molecule has 0 spiro atoms. The minimum Gasteiger partial charge on any atom is -0.461 e. The first kappa shape index (κ1) is 16.5. The number of furan rings is 1. The maximum Gasteiger partial charge on any atom is 0.253 e. The minimum atomic E-state index is 0.0104. The van der Waals surface area contributed by atoms with Gasteiger partial charge in [-0.3, -0.25) is 4.79 Å². The number of nitrogens with zero attached hydrogens (tertiary/aromatic N) is 5. The van der Waals surface area contributed by atoms with E-state index in [-0.39, 0.29) is 11.8 Å². The Morgan fingerprint density at radius 2 is 2.04 bits per heavy atom. The lowest BCUT2D eigenvalue weighted by Gasteiger charge is -2.37. The Morgan fingerprint density at radius 1 is 1.18 bits per heavy atom. The molecule has 1 amide bonds. The smallest absolute Gasteiger partial charge is 0.253 e. The van der Waals surface area contributed by atoms with E-state index in [4.69, 9.17) is 8.94 Å². The summed E-state index contributed by atoms with van der Waals surface area (Å²) in [7, 11) is 0. The molecule has 3 aromatic heterocycles. The van der Waals surface area contributed by atoms with E-state index >= 15 is 0 Å². The number of carbonyl (C=O) groups excluding carboxylic acids is 1. The van der Waals surface area contributed by atoms with Crippen LogP contribution in [0.2, 0.25) is 0 Å². The Bertz CT molecular complexity index is 1060. The lowest BCUT2D eigenvalue weighted by molar-refractivity contribution is 0.0569. The summed E-state index contributed by atoms with van der Waals surface area (Å²) in [6.45, 7) is 1.86. The van der Waals surface area contributed by atoms with Crippen molar-refractivity contribution in [2.24, 2.45) is 0 Å². The van der Waals surface area contributed by atoms with Gasteiger partial charge in [0.2, 0.25) is 11.7 Å². The predicted molar refractivity (Wildman–Crippen MR) is 98.4 cm³/mol. The molecule has 0 N–H and O–H groups in total. The molecule has 0 saturated carbocycles. The molecule has 4 aromatic rings. The molecule has 1 fully saturated rings. The van der Waals surface area contributed by atoms with Gasteiger partial charge < -0.3 is 18.4 Å². The van der Waals surface area contributed by atoms with Crippen LogP contribution in [0.15, 0.2) is 70.3 Å². The molecule has 8 nitrogen and oxygen atoms in total. The summed E-state index contributed by atoms with van der Waals surface area (Å²) >= 11 is 0. The maximum absolute atomic E-state index is 12.7. The van der Waals surface area contributed by atoms with Crippen LogP contribution in [0.5, 0.6) is 0 Å². The second-order valence-electron chi connectivity index (χ2n) is 6.77. The third-order valence-electron chi connectivity index (χ3n) is 4.83. The van der Waals surface area contributed by atoms with Gasteiger partial charge in [-0.05, 0) is 29.8 Å². The van der Waals surface area contributed by atoms with Gasteiger partial charge in [-0.15, -0.1) is 0 Å². The first-order valence-electron chi connectivity index (χ1n) is 8.98. The monoisotopic (exact) mass is 375 g/mol. The quantitative estimate of drug-likeness (QED) is 0.533. The standard InChI is InChI=1S/C20H17N5O3/c26-20(15-5-3-14(4-6-15)10-24-8-7-21-13-24)25-11-16(12-25)19-22-18(23-28-19)17-2-1-9-27-17/h1-9,13,16H,10-12H2. The molecule has 1 aromatic carbocycles. The number of rotatable bonds is 5. The third kappa shape index (κ3) is 3.09. The van der Waals surface area contributed by atoms with E-state index in [1.54, 1.807) is 35.8 Å². The van der Waals surface area contributed by atoms with Crippen LogP contribution in [0.4, 0.5) is 0 Å². The van der Waals surface area contributed by atoms with E-state index in [0.29, 0.717) is 36.1 Å². The summed E-state index contributed by atoms with van der Waals surface area (Å²) in [6.07, 6.45) is 7.00. The first-order chi connectivity index (χ1) is 13.8. The van der Waals surface area contributed by atoms with Gasteiger partial charge in [-0.1, -0.05) is 17.3 Å². The number of amides is 1. The number of hydrogen-bond acceptors (Lipinski definition) is 6. The van der Waals surface area contributed by atoms with Crippen LogP contribution < -0.4 is 0 Å². The van der Waals surface area contributed by atoms with Crippen LogP contribution >= 0.6 is 0 Å². The van der Waals surface area contributed by atoms with E-state index < -0.39 is 0 Å². The highest BCUT2D eigenvalue weighted by Gasteiger charge is 2.36. The Labute approximate surface area is 160 Å². The maximum atomic E-state index is 12.7. The molecule has 1 aliphatic rings. The highest BCUT2D eigenvalue weighted by Crippen LogP contribution is 2.29. The molecule has 5 rings (SSSR count). The molecular weight excluding hydrogens is 358 g/mol. The zero-order valence-electron chi connectivity index (χ0n) is 14.9. The van der Waals surface area contributed by atoms with Crippen LogP contribution in [0.1, 0.15) is 27.7 Å². The lowest BCUT2D eigenvalue weighted by atomic mass is 9.98. The van der Waals surface area contributed by atoms with E-state index in [0.717, 1.165) is 12.1 Å². The molecule has 0 aliphatic carbocycles. The SMILES string of the molecule is O=C(c1ccc(Cn2ccnc2)cc1)N1CC(c2nc(-c3ccco3)no2)C1. The summed E-state index contributed by atoms with van der Waals surface area (Å²) < 4.78 is 12.6. The van der Waals surface area contributed by atoms with E-state index in [1.165, 1.54) is 0 Å². The van der Waals surface area contributed by atoms with Gasteiger partial charge in [0.05, 0.1) is 18.5 Å². The van der Waals surface area contributed by atoms with Gasteiger partial charge >= 0.3 is 0 Å². The Morgan fingerprint density at radius 3 is 2.75 bits per heavy atom. The van der Waals surface area contributed by atoms with Crippen molar-refractivity contribution in [2.75, 3.05) is 13.1 Å². The summed E-state index contributed by atoms with van der Waals surface area (Å²) in [5.41, 5.74) is 1.79. The highest BCUT2D eigenvalue weighted by molar-refractivity contribution is 5.94. The topological polar surface area (TPSA) is 90.2 Å². The van der Waals surface area contributed by atoms with Crippen molar-refractivity contribution in [1.82, 2.24) is 24.6 Å². The van der Waals surface area contributed by atoms with Crippen molar-refractivity contribution in [3.05, 3.63) is 78.4 Å². The average molecular weight is 375 g/mol. The molecule has 1 aliphatic heterocycles. The van der Waals surface area contributed by atoms with Crippen LogP contribution in [-0.4, -0.2) is 43.6 Å². The molecular formula is C20H17N5O3. The predicted octanol–water partition coefficient (Wildman–Crippen LogP) is 2.81. The number of benzene rings is 1. The first-order valence-corrected chi connectivity index (χ1v) is 8.98. The lowest BCUT2D eigenvalue weighted by Crippen LogP contribution is -2.48. The summed E-state index contributed by atoms with van der Waals surface area (Å²) in [5, 5.41) is 3.94. The van der Waals surface area contributed by atoms with Gasteiger partial charge in [0.15, 0.2) is 5.76 Å². The van der Waals surface area contributed by atoms with Crippen LogP contribution in [0, 0.1) is 0 Å². The molecule has 0 radical (unpaired) electrons. The molecule has 1 saturated heterocycles. The van der Waals surface area contributed by atoms with E-state index in [1.807, 2.05) is 35.0 Å². The van der Waals surface area contributed by atoms with Gasteiger partial charge in [0.1, 0.15) is 0 Å². The summed E-state index contributed by atoms with van der Waals surface area (Å²) in [5.74, 6) is 1.60. The highest BCUT2D eigenvalue weighted by atomic mass is 16.5. The number of hydrogen-bond donors (Lipinski definition) is 0. The number of likely N-dealkylation sites (tertiary alicyclic amines) is 1. The van der Waals surface area contributed by atoms with Crippen LogP contribution in [-0.2, 0) is 6.54 Å². The van der Waals surface area contributed by atoms with Crippen molar-refractivity contribution in [2.45, 2.75) is 12.5 Å². The van der Waals surface area contributed by atoms with Crippen molar-refractivity contribution in [3.63, 3.8) is 0 Å². The number of carbonyl (C=O) groups is 1. The number of aromatic nitrogens is 4. The fourth-order valence-corrected chi connectivity index (χ4v) is 3.23. The zero-order chi connectivity index (χ0) is 18.9. The average Bonchev–Trinajstić information content (AvgIpc) is 3.43. The van der Waals surface area contributed by atoms with Gasteiger partial charge in [0, 0.05) is 37.6 Å². The molecule has 0 atom stereocenters. The summed E-state index contributed by atoms with van der Waals surface area (Å²) in [4.78, 5) is 22.8. The largest absolute Gasteiger partial charge is 0.461 e. The van der Waals surface area contributed by atoms with Gasteiger partial charge in [-0.2, -0.15) is 4.98 Å². The molecule has 0 unspecified atom stereocenters. The fourth-order valence-electron chi connectivity index (χ4n) is 3.23. The Balaban J connectivity index is 1.20. The van der Waals surface area contributed by atoms with Crippen LogP contribution in [0.25, 0.3) is 11.6 Å². The van der Waals surface area contributed by atoms with Crippen molar-refractivity contribution in [3.8, 4) is 11.6 Å². The zero-order valence-corrected chi connectivity index (χ0v) is 14.9. The second-order valence-corrected chi connectivity index (χ2v) is 6.77. The Hall–Kier alpha value is -3.68. The summed E-state index contributed by atoms with van der Waals surface area (Å²) in [6, 6.07) is 11.2. The van der Waals surface area contributed by atoms with Crippen molar-refractivity contribution < 1.29 is 13.7 Å². The third-order valence-corrected chi connectivity index (χ3v) is 4.83. The van der Waals surface area contributed by atoms with Crippen molar-refractivity contribution >= 4 is 5.91 Å². The van der Waals surface area contributed by atoms with E-state index in [9.17, 15) is 4.79 Å². The fraction of sp³-hybridized carbons (Fsp3) is 0.200. The van der Waals surface area contributed by atoms with E-state index in [2.05, 4.69) is 15.1 Å². The molecule has 8 heteroatoms.